The number of nitrogens with two attached hydrogens (primary N) is 1. The standard InChI is InChI=1S/C14H26N4O2/c1-14(2,3)12(15)10-18-13(19)8-11(9-16-18)17(4)6-7-20-5/h8-9,12H,6-7,10,15H2,1-5H3. The molecule has 20 heavy (non-hydrogen) atoms. The van der Waals surface area contributed by atoms with E-state index >= 15 is 0 Å². The predicted molar refractivity (Wildman–Crippen MR) is 81.1 cm³/mol. The number of likely N-dealkylation sites (N-methyl/N-ethyl adjacent to an activating group) is 1. The van der Waals surface area contributed by atoms with Gasteiger partial charge in [-0.05, 0) is 5.41 Å². The highest BCUT2D eigenvalue weighted by Gasteiger charge is 2.21. The van der Waals surface area contributed by atoms with Crippen molar-refractivity contribution < 1.29 is 4.74 Å². The van der Waals surface area contributed by atoms with Crippen molar-refractivity contribution in [3.8, 4) is 0 Å². The highest BCUT2D eigenvalue weighted by atomic mass is 16.5. The van der Waals surface area contributed by atoms with Gasteiger partial charge in [-0.25, -0.2) is 4.68 Å². The molecule has 6 heteroatoms. The lowest BCUT2D eigenvalue weighted by Crippen LogP contribution is -2.42. The van der Waals surface area contributed by atoms with E-state index in [0.29, 0.717) is 19.7 Å². The number of hydrogen-bond acceptors (Lipinski definition) is 5. The molecule has 1 heterocycles. The fourth-order valence-corrected chi connectivity index (χ4v) is 1.59. The molecule has 1 aromatic rings. The third-order valence-corrected chi connectivity index (χ3v) is 3.41. The van der Waals surface area contributed by atoms with Crippen molar-refractivity contribution in [2.45, 2.75) is 33.4 Å². The fraction of sp³-hybridized carbons (Fsp3) is 0.714. The Morgan fingerprint density at radius 1 is 1.50 bits per heavy atom. The molecule has 0 aliphatic carbocycles. The number of rotatable bonds is 6. The molecule has 1 unspecified atom stereocenters. The molecular weight excluding hydrogens is 256 g/mol. The van der Waals surface area contributed by atoms with Gasteiger partial charge in [-0.1, -0.05) is 20.8 Å². The van der Waals surface area contributed by atoms with E-state index in [1.165, 1.54) is 4.68 Å². The smallest absolute Gasteiger partial charge is 0.268 e. The van der Waals surface area contributed by atoms with Crippen LogP contribution < -0.4 is 16.2 Å². The number of anilines is 1. The normalized spacial score (nSPS) is 13.3. The van der Waals surface area contributed by atoms with Gasteiger partial charge in [0.25, 0.3) is 5.56 Å². The summed E-state index contributed by atoms with van der Waals surface area (Å²) in [5, 5.41) is 4.20. The molecule has 0 saturated heterocycles. The van der Waals surface area contributed by atoms with Crippen LogP contribution in [0.2, 0.25) is 0 Å². The summed E-state index contributed by atoms with van der Waals surface area (Å²) in [6.07, 6.45) is 1.69. The summed E-state index contributed by atoms with van der Waals surface area (Å²) in [5.41, 5.74) is 6.68. The van der Waals surface area contributed by atoms with Gasteiger partial charge in [0.2, 0.25) is 0 Å². The van der Waals surface area contributed by atoms with Crippen molar-refractivity contribution in [3.05, 3.63) is 22.6 Å². The van der Waals surface area contributed by atoms with E-state index in [9.17, 15) is 4.79 Å². The predicted octanol–water partition coefficient (Wildman–Crippen LogP) is 0.699. The third-order valence-electron chi connectivity index (χ3n) is 3.41. The second-order valence-corrected chi connectivity index (χ2v) is 6.12. The lowest BCUT2D eigenvalue weighted by atomic mass is 9.87. The van der Waals surface area contributed by atoms with Gasteiger partial charge < -0.3 is 15.4 Å². The molecule has 0 radical (unpaired) electrons. The first-order chi connectivity index (χ1) is 9.25. The van der Waals surface area contributed by atoms with Gasteiger partial charge in [0.05, 0.1) is 25.0 Å². The van der Waals surface area contributed by atoms with E-state index in [4.69, 9.17) is 10.5 Å². The average molecular weight is 282 g/mol. The Morgan fingerprint density at radius 2 is 2.15 bits per heavy atom. The van der Waals surface area contributed by atoms with Crippen molar-refractivity contribution in [1.29, 1.82) is 0 Å². The molecule has 0 aliphatic rings. The Kier molecular flexibility index (Phi) is 5.71. The van der Waals surface area contributed by atoms with Crippen molar-refractivity contribution in [1.82, 2.24) is 9.78 Å². The first kappa shape index (κ1) is 16.7. The molecule has 0 saturated carbocycles. The summed E-state index contributed by atoms with van der Waals surface area (Å²) >= 11 is 0. The molecule has 1 rings (SSSR count). The molecule has 2 N–H and O–H groups in total. The summed E-state index contributed by atoms with van der Waals surface area (Å²) in [4.78, 5) is 14.0. The number of methoxy groups -OCH3 is 1. The Hall–Kier alpha value is -1.40. The molecule has 0 aromatic carbocycles. The zero-order chi connectivity index (χ0) is 15.3. The van der Waals surface area contributed by atoms with Gasteiger partial charge in [0.1, 0.15) is 0 Å². The van der Waals surface area contributed by atoms with Gasteiger partial charge in [0, 0.05) is 32.8 Å². The molecule has 1 aromatic heterocycles. The molecule has 1 atom stereocenters. The summed E-state index contributed by atoms with van der Waals surface area (Å²) in [6, 6.07) is 1.46. The van der Waals surface area contributed by atoms with Crippen LogP contribution in [0.4, 0.5) is 5.69 Å². The minimum Gasteiger partial charge on any atom is -0.383 e. The van der Waals surface area contributed by atoms with Crippen LogP contribution in [0, 0.1) is 5.41 Å². The molecule has 0 amide bonds. The van der Waals surface area contributed by atoms with Gasteiger partial charge in [-0.15, -0.1) is 0 Å². The Labute approximate surface area is 120 Å². The maximum absolute atomic E-state index is 12.1. The van der Waals surface area contributed by atoms with Crippen LogP contribution in [-0.2, 0) is 11.3 Å². The van der Waals surface area contributed by atoms with Crippen LogP contribution >= 0.6 is 0 Å². The molecule has 0 fully saturated rings. The van der Waals surface area contributed by atoms with Crippen LogP contribution in [-0.4, -0.2) is 43.1 Å². The monoisotopic (exact) mass is 282 g/mol. The fourth-order valence-electron chi connectivity index (χ4n) is 1.59. The third kappa shape index (κ3) is 4.61. The van der Waals surface area contributed by atoms with Crippen molar-refractivity contribution in [2.24, 2.45) is 11.1 Å². The lowest BCUT2D eigenvalue weighted by Gasteiger charge is -2.27. The van der Waals surface area contributed by atoms with E-state index < -0.39 is 0 Å². The molecule has 114 valence electrons. The molecular formula is C14H26N4O2. The maximum atomic E-state index is 12.1. The van der Waals surface area contributed by atoms with Gasteiger partial charge in [-0.2, -0.15) is 5.10 Å². The minimum absolute atomic E-state index is 0.0605. The summed E-state index contributed by atoms with van der Waals surface area (Å²) < 4.78 is 6.44. The van der Waals surface area contributed by atoms with E-state index in [-0.39, 0.29) is 17.0 Å². The minimum atomic E-state index is -0.133. The second kappa shape index (κ2) is 6.85. The van der Waals surface area contributed by atoms with Gasteiger partial charge in [-0.3, -0.25) is 4.79 Å². The van der Waals surface area contributed by atoms with Crippen molar-refractivity contribution in [2.75, 3.05) is 32.2 Å². The average Bonchev–Trinajstić information content (AvgIpc) is 2.37. The highest BCUT2D eigenvalue weighted by Crippen LogP contribution is 2.18. The molecule has 0 bridgehead atoms. The van der Waals surface area contributed by atoms with Crippen LogP contribution in [0.5, 0.6) is 0 Å². The van der Waals surface area contributed by atoms with E-state index in [0.717, 1.165) is 5.69 Å². The van der Waals surface area contributed by atoms with Crippen molar-refractivity contribution >= 4 is 5.69 Å². The van der Waals surface area contributed by atoms with E-state index in [2.05, 4.69) is 25.9 Å². The highest BCUT2D eigenvalue weighted by molar-refractivity contribution is 5.41. The summed E-state index contributed by atoms with van der Waals surface area (Å²) in [5.74, 6) is 0. The maximum Gasteiger partial charge on any atom is 0.268 e. The van der Waals surface area contributed by atoms with Crippen LogP contribution in [0.15, 0.2) is 17.1 Å². The Bertz CT molecular complexity index is 479. The molecule has 0 spiro atoms. The van der Waals surface area contributed by atoms with Crippen LogP contribution in [0.3, 0.4) is 0 Å². The zero-order valence-electron chi connectivity index (χ0n) is 13.1. The molecule has 6 nitrogen and oxygen atoms in total. The van der Waals surface area contributed by atoms with Crippen LogP contribution in [0.25, 0.3) is 0 Å². The zero-order valence-corrected chi connectivity index (χ0v) is 13.1. The summed E-state index contributed by atoms with van der Waals surface area (Å²) in [6.45, 7) is 7.89. The number of ether oxygens (including phenoxy) is 1. The SMILES string of the molecule is COCCN(C)c1cnn(CC(N)C(C)(C)C)c(=O)c1. The van der Waals surface area contributed by atoms with E-state index in [1.54, 1.807) is 19.4 Å². The lowest BCUT2D eigenvalue weighted by molar-refractivity contribution is 0.206. The van der Waals surface area contributed by atoms with Gasteiger partial charge >= 0.3 is 0 Å². The Morgan fingerprint density at radius 3 is 2.65 bits per heavy atom. The summed E-state index contributed by atoms with van der Waals surface area (Å²) in [7, 11) is 3.55. The first-order valence-corrected chi connectivity index (χ1v) is 6.78. The quantitative estimate of drug-likeness (QED) is 0.831. The molecule has 0 aliphatic heterocycles. The van der Waals surface area contributed by atoms with Gasteiger partial charge in [0.15, 0.2) is 0 Å². The van der Waals surface area contributed by atoms with Crippen molar-refractivity contribution in [3.63, 3.8) is 0 Å². The largest absolute Gasteiger partial charge is 0.383 e. The van der Waals surface area contributed by atoms with Crippen LogP contribution in [0.1, 0.15) is 20.8 Å². The first-order valence-electron chi connectivity index (χ1n) is 6.78. The number of hydrogen-bond donors (Lipinski definition) is 1. The van der Waals surface area contributed by atoms with E-state index in [1.807, 2.05) is 11.9 Å². The number of aromatic nitrogens is 2. The second-order valence-electron chi connectivity index (χ2n) is 6.12. The topological polar surface area (TPSA) is 73.4 Å². The Balaban J connectivity index is 2.81. The number of nitrogens with zero attached hydrogens (tertiary/aromatic N) is 3.